The molecule has 102 valence electrons. The molecule has 1 aliphatic rings. The lowest BCUT2D eigenvalue weighted by Crippen LogP contribution is -2.22. The van der Waals surface area contributed by atoms with Crippen molar-refractivity contribution >= 4 is 37.4 Å². The van der Waals surface area contributed by atoms with E-state index < -0.39 is 0 Å². The minimum absolute atomic E-state index is 0.779. The highest BCUT2D eigenvalue weighted by Gasteiger charge is 2.19. The summed E-state index contributed by atoms with van der Waals surface area (Å²) >= 11 is 5.41. The second kappa shape index (κ2) is 6.35. The fourth-order valence-electron chi connectivity index (χ4n) is 2.18. The second-order valence-corrected chi connectivity index (χ2v) is 6.70. The summed E-state index contributed by atoms with van der Waals surface area (Å²) in [6.45, 7) is 2.62. The van der Waals surface area contributed by atoms with Crippen molar-refractivity contribution in [3.63, 3.8) is 0 Å². The minimum Gasteiger partial charge on any atom is -0.380 e. The summed E-state index contributed by atoms with van der Waals surface area (Å²) in [5, 5.41) is 7.07. The molecule has 0 bridgehead atoms. The molecule has 4 heteroatoms. The van der Waals surface area contributed by atoms with Crippen LogP contribution in [0.3, 0.4) is 0 Å². The molecule has 2 nitrogen and oxygen atoms in total. The van der Waals surface area contributed by atoms with Gasteiger partial charge in [0.1, 0.15) is 0 Å². The lowest BCUT2D eigenvalue weighted by Gasteiger charge is -2.05. The van der Waals surface area contributed by atoms with E-state index in [2.05, 4.69) is 44.8 Å². The van der Waals surface area contributed by atoms with Crippen LogP contribution in [0.1, 0.15) is 18.4 Å². The van der Waals surface area contributed by atoms with Crippen molar-refractivity contribution in [2.75, 3.05) is 19.8 Å². The Morgan fingerprint density at radius 2 is 2.21 bits per heavy atom. The second-order valence-electron chi connectivity index (χ2n) is 4.97. The molecule has 0 unspecified atom stereocenters. The molecule has 1 saturated carbocycles. The first-order valence-corrected chi connectivity index (χ1v) is 8.47. The van der Waals surface area contributed by atoms with E-state index in [1.165, 1.54) is 33.0 Å². The first-order chi connectivity index (χ1) is 9.34. The predicted molar refractivity (Wildman–Crippen MR) is 85.1 cm³/mol. The van der Waals surface area contributed by atoms with E-state index in [0.29, 0.717) is 0 Å². The maximum atomic E-state index is 5.69. The maximum absolute atomic E-state index is 5.69. The molecule has 1 aromatic carbocycles. The number of benzene rings is 1. The van der Waals surface area contributed by atoms with Gasteiger partial charge in [0.05, 0.1) is 13.2 Å². The lowest BCUT2D eigenvalue weighted by molar-refractivity contribution is 0.139. The van der Waals surface area contributed by atoms with Crippen LogP contribution in [0.5, 0.6) is 0 Å². The largest absolute Gasteiger partial charge is 0.380 e. The third kappa shape index (κ3) is 3.57. The Morgan fingerprint density at radius 3 is 3.05 bits per heavy atom. The van der Waals surface area contributed by atoms with Gasteiger partial charge in [-0.15, -0.1) is 11.3 Å². The van der Waals surface area contributed by atoms with Gasteiger partial charge >= 0.3 is 0 Å². The number of hydrogen-bond acceptors (Lipinski definition) is 3. The molecule has 2 aromatic rings. The first kappa shape index (κ1) is 13.6. The zero-order valence-corrected chi connectivity index (χ0v) is 13.2. The van der Waals surface area contributed by atoms with Crippen LogP contribution in [0.4, 0.5) is 0 Å². The number of rotatable bonds is 7. The molecule has 0 radical (unpaired) electrons. The molecular weight excluding hydrogens is 322 g/mol. The van der Waals surface area contributed by atoms with Crippen LogP contribution in [0.25, 0.3) is 10.1 Å². The van der Waals surface area contributed by atoms with Crippen LogP contribution in [-0.4, -0.2) is 25.8 Å². The van der Waals surface area contributed by atoms with E-state index in [9.17, 15) is 0 Å². The maximum Gasteiger partial charge on any atom is 0.0591 e. The molecule has 0 atom stereocenters. The average molecular weight is 340 g/mol. The van der Waals surface area contributed by atoms with Crippen molar-refractivity contribution in [3.05, 3.63) is 33.6 Å². The van der Waals surface area contributed by atoms with Crippen molar-refractivity contribution < 1.29 is 4.74 Å². The Kier molecular flexibility index (Phi) is 4.53. The Bertz CT molecular complexity index is 550. The Hall–Kier alpha value is -0.420. The summed E-state index contributed by atoms with van der Waals surface area (Å²) in [6, 6.07) is 7.17. The van der Waals surface area contributed by atoms with Gasteiger partial charge in [0, 0.05) is 21.8 Å². The SMILES string of the molecule is Brc1cccc2c(CCOCCNC3CC3)csc12. The predicted octanol–water partition coefficient (Wildman–Crippen LogP) is 3.97. The topological polar surface area (TPSA) is 21.3 Å². The third-order valence-electron chi connectivity index (χ3n) is 3.40. The highest BCUT2D eigenvalue weighted by Crippen LogP contribution is 2.32. The molecule has 1 fully saturated rings. The number of ether oxygens (including phenoxy) is 1. The summed E-state index contributed by atoms with van der Waals surface area (Å²) in [5.74, 6) is 0. The average Bonchev–Trinajstić information content (AvgIpc) is 3.14. The van der Waals surface area contributed by atoms with E-state index in [4.69, 9.17) is 4.74 Å². The highest BCUT2D eigenvalue weighted by molar-refractivity contribution is 9.10. The molecule has 1 heterocycles. The molecule has 1 N–H and O–H groups in total. The van der Waals surface area contributed by atoms with Crippen molar-refractivity contribution in [1.29, 1.82) is 0 Å². The van der Waals surface area contributed by atoms with Gasteiger partial charge in [0.2, 0.25) is 0 Å². The zero-order valence-electron chi connectivity index (χ0n) is 10.8. The molecule has 1 aliphatic carbocycles. The van der Waals surface area contributed by atoms with E-state index in [1.807, 2.05) is 0 Å². The lowest BCUT2D eigenvalue weighted by atomic mass is 10.1. The first-order valence-electron chi connectivity index (χ1n) is 6.80. The molecule has 0 amide bonds. The zero-order chi connectivity index (χ0) is 13.1. The van der Waals surface area contributed by atoms with Crippen molar-refractivity contribution in [2.24, 2.45) is 0 Å². The van der Waals surface area contributed by atoms with Crippen LogP contribution >= 0.6 is 27.3 Å². The van der Waals surface area contributed by atoms with Crippen LogP contribution < -0.4 is 5.32 Å². The minimum atomic E-state index is 0.779. The van der Waals surface area contributed by atoms with E-state index in [0.717, 1.165) is 32.2 Å². The third-order valence-corrected chi connectivity index (χ3v) is 5.41. The molecular formula is C15H18BrNOS. The molecule has 19 heavy (non-hydrogen) atoms. The number of fused-ring (bicyclic) bond motifs is 1. The van der Waals surface area contributed by atoms with E-state index >= 15 is 0 Å². The summed E-state index contributed by atoms with van der Waals surface area (Å²) in [7, 11) is 0. The van der Waals surface area contributed by atoms with Crippen molar-refractivity contribution in [3.8, 4) is 0 Å². The Labute approximate surface area is 126 Å². The molecule has 0 spiro atoms. The Morgan fingerprint density at radius 1 is 1.32 bits per heavy atom. The van der Waals surface area contributed by atoms with Crippen LogP contribution in [-0.2, 0) is 11.2 Å². The summed E-state index contributed by atoms with van der Waals surface area (Å²) < 4.78 is 8.23. The summed E-state index contributed by atoms with van der Waals surface area (Å²) in [4.78, 5) is 0. The summed E-state index contributed by atoms with van der Waals surface area (Å²) in [5.41, 5.74) is 1.40. The van der Waals surface area contributed by atoms with Gasteiger partial charge in [0.15, 0.2) is 0 Å². The normalized spacial score (nSPS) is 15.2. The van der Waals surface area contributed by atoms with E-state index in [-0.39, 0.29) is 0 Å². The fraction of sp³-hybridized carbons (Fsp3) is 0.467. The van der Waals surface area contributed by atoms with Gasteiger partial charge < -0.3 is 10.1 Å². The van der Waals surface area contributed by atoms with Gasteiger partial charge in [-0.1, -0.05) is 12.1 Å². The number of nitrogens with one attached hydrogen (secondary N) is 1. The van der Waals surface area contributed by atoms with Crippen LogP contribution in [0, 0.1) is 0 Å². The van der Waals surface area contributed by atoms with Gasteiger partial charge in [-0.3, -0.25) is 0 Å². The number of hydrogen-bond donors (Lipinski definition) is 1. The quantitative estimate of drug-likeness (QED) is 0.770. The molecule has 0 saturated heterocycles. The number of halogens is 1. The summed E-state index contributed by atoms with van der Waals surface area (Å²) in [6.07, 6.45) is 3.69. The van der Waals surface area contributed by atoms with Crippen LogP contribution in [0.15, 0.2) is 28.1 Å². The van der Waals surface area contributed by atoms with Gasteiger partial charge in [0.25, 0.3) is 0 Å². The van der Waals surface area contributed by atoms with E-state index in [1.54, 1.807) is 11.3 Å². The van der Waals surface area contributed by atoms with Gasteiger partial charge in [-0.25, -0.2) is 0 Å². The fourth-order valence-corrected chi connectivity index (χ4v) is 3.83. The van der Waals surface area contributed by atoms with Gasteiger partial charge in [-0.05, 0) is 57.6 Å². The smallest absolute Gasteiger partial charge is 0.0591 e. The highest BCUT2D eigenvalue weighted by atomic mass is 79.9. The monoisotopic (exact) mass is 339 g/mol. The number of thiophene rings is 1. The molecule has 0 aliphatic heterocycles. The molecule has 1 aromatic heterocycles. The van der Waals surface area contributed by atoms with Gasteiger partial charge in [-0.2, -0.15) is 0 Å². The Balaban J connectivity index is 1.46. The molecule has 3 rings (SSSR count). The van der Waals surface area contributed by atoms with Crippen molar-refractivity contribution in [2.45, 2.75) is 25.3 Å². The van der Waals surface area contributed by atoms with Crippen molar-refractivity contribution in [1.82, 2.24) is 5.32 Å². The van der Waals surface area contributed by atoms with Crippen LogP contribution in [0.2, 0.25) is 0 Å². The standard InChI is InChI=1S/C15H18BrNOS/c16-14-3-1-2-13-11(10-19-15(13)14)6-8-18-9-7-17-12-4-5-12/h1-3,10,12,17H,4-9H2.